The number of aliphatic hydroxyl groups is 2. The molecular weight excluding hydrogens is 301 g/mol. The van der Waals surface area contributed by atoms with Gasteiger partial charge in [0.15, 0.2) is 5.69 Å². The van der Waals surface area contributed by atoms with Gasteiger partial charge in [0.1, 0.15) is 5.82 Å². The lowest BCUT2D eigenvalue weighted by Crippen LogP contribution is -2.35. The smallest absolute Gasteiger partial charge is 0.274 e. The first-order valence-electron chi connectivity index (χ1n) is 7.40. The van der Waals surface area contributed by atoms with E-state index in [-0.39, 0.29) is 37.2 Å². The van der Waals surface area contributed by atoms with Crippen LogP contribution in [-0.4, -0.2) is 57.1 Å². The molecule has 2 rings (SSSR count). The Kier molecular flexibility index (Phi) is 5.84. The van der Waals surface area contributed by atoms with Gasteiger partial charge in [-0.25, -0.2) is 9.07 Å². The number of hydrogen-bond acceptors (Lipinski definition) is 4. The molecule has 0 unspecified atom stereocenters. The molecule has 0 spiro atoms. The molecular formula is C16H20FN3O3. The van der Waals surface area contributed by atoms with Crippen LogP contribution in [-0.2, 0) is 0 Å². The first-order valence-corrected chi connectivity index (χ1v) is 7.40. The van der Waals surface area contributed by atoms with Crippen molar-refractivity contribution in [3.05, 3.63) is 47.5 Å². The summed E-state index contributed by atoms with van der Waals surface area (Å²) in [4.78, 5) is 13.9. The SMILES string of the molecule is Cc1cc(C(=O)N(CCO)CCCO)nn1-c1ccc(F)cc1. The van der Waals surface area contributed by atoms with Crippen LogP contribution < -0.4 is 0 Å². The second-order valence-electron chi connectivity index (χ2n) is 5.15. The molecule has 0 saturated carbocycles. The van der Waals surface area contributed by atoms with Gasteiger partial charge in [0.05, 0.1) is 12.3 Å². The molecule has 1 heterocycles. The summed E-state index contributed by atoms with van der Waals surface area (Å²) in [5, 5.41) is 22.3. The number of rotatable bonds is 7. The van der Waals surface area contributed by atoms with Gasteiger partial charge >= 0.3 is 0 Å². The topological polar surface area (TPSA) is 78.6 Å². The molecule has 124 valence electrons. The van der Waals surface area contributed by atoms with Crippen molar-refractivity contribution in [1.82, 2.24) is 14.7 Å². The lowest BCUT2D eigenvalue weighted by Gasteiger charge is -2.20. The Hall–Kier alpha value is -2.25. The highest BCUT2D eigenvalue weighted by Gasteiger charge is 2.19. The molecule has 2 aromatic rings. The maximum atomic E-state index is 13.0. The van der Waals surface area contributed by atoms with Gasteiger partial charge in [-0.05, 0) is 43.7 Å². The zero-order valence-electron chi connectivity index (χ0n) is 12.9. The summed E-state index contributed by atoms with van der Waals surface area (Å²) in [6.45, 7) is 2.14. The highest BCUT2D eigenvalue weighted by molar-refractivity contribution is 5.92. The van der Waals surface area contributed by atoms with Crippen LogP contribution in [0, 0.1) is 12.7 Å². The van der Waals surface area contributed by atoms with E-state index >= 15 is 0 Å². The number of benzene rings is 1. The largest absolute Gasteiger partial charge is 0.396 e. The molecule has 0 aliphatic rings. The van der Waals surface area contributed by atoms with Crippen LogP contribution in [0.25, 0.3) is 5.69 Å². The molecule has 0 saturated heterocycles. The third-order valence-corrected chi connectivity index (χ3v) is 3.42. The number of aryl methyl sites for hydroxylation is 1. The number of carbonyl (C=O) groups excluding carboxylic acids is 1. The summed E-state index contributed by atoms with van der Waals surface area (Å²) in [6.07, 6.45) is 0.434. The normalized spacial score (nSPS) is 10.8. The maximum Gasteiger partial charge on any atom is 0.274 e. The quantitative estimate of drug-likeness (QED) is 0.801. The van der Waals surface area contributed by atoms with E-state index < -0.39 is 0 Å². The van der Waals surface area contributed by atoms with E-state index in [2.05, 4.69) is 5.10 Å². The minimum Gasteiger partial charge on any atom is -0.396 e. The van der Waals surface area contributed by atoms with E-state index in [0.717, 1.165) is 5.69 Å². The molecule has 6 nitrogen and oxygen atoms in total. The van der Waals surface area contributed by atoms with Crippen molar-refractivity contribution in [3.63, 3.8) is 0 Å². The highest BCUT2D eigenvalue weighted by Crippen LogP contribution is 2.14. The predicted octanol–water partition coefficient (Wildman–Crippen LogP) is 1.14. The summed E-state index contributed by atoms with van der Waals surface area (Å²) >= 11 is 0. The molecule has 0 aliphatic heterocycles. The average molecular weight is 321 g/mol. The maximum absolute atomic E-state index is 13.0. The predicted molar refractivity (Wildman–Crippen MR) is 83.0 cm³/mol. The number of hydrogen-bond donors (Lipinski definition) is 2. The lowest BCUT2D eigenvalue weighted by atomic mass is 10.3. The zero-order chi connectivity index (χ0) is 16.8. The summed E-state index contributed by atoms with van der Waals surface area (Å²) in [6, 6.07) is 7.48. The van der Waals surface area contributed by atoms with E-state index in [0.29, 0.717) is 18.7 Å². The second-order valence-corrected chi connectivity index (χ2v) is 5.15. The fourth-order valence-corrected chi connectivity index (χ4v) is 2.28. The first-order chi connectivity index (χ1) is 11.1. The van der Waals surface area contributed by atoms with Crippen LogP contribution in [0.5, 0.6) is 0 Å². The van der Waals surface area contributed by atoms with E-state index in [4.69, 9.17) is 10.2 Å². The number of aromatic nitrogens is 2. The molecule has 1 aromatic carbocycles. The monoisotopic (exact) mass is 321 g/mol. The van der Waals surface area contributed by atoms with Crippen LogP contribution in [0.2, 0.25) is 0 Å². The van der Waals surface area contributed by atoms with E-state index in [1.807, 2.05) is 0 Å². The molecule has 0 fully saturated rings. The van der Waals surface area contributed by atoms with Crippen molar-refractivity contribution in [1.29, 1.82) is 0 Å². The molecule has 0 atom stereocenters. The van der Waals surface area contributed by atoms with Gasteiger partial charge in [0.2, 0.25) is 0 Å². The third-order valence-electron chi connectivity index (χ3n) is 3.42. The van der Waals surface area contributed by atoms with Crippen molar-refractivity contribution in [2.24, 2.45) is 0 Å². The minimum atomic E-state index is -0.340. The Bertz CT molecular complexity index is 655. The van der Waals surface area contributed by atoms with Gasteiger partial charge in [-0.15, -0.1) is 0 Å². The van der Waals surface area contributed by atoms with Gasteiger partial charge in [-0.3, -0.25) is 4.79 Å². The molecule has 23 heavy (non-hydrogen) atoms. The molecule has 1 aromatic heterocycles. The van der Waals surface area contributed by atoms with Gasteiger partial charge in [0.25, 0.3) is 5.91 Å². The highest BCUT2D eigenvalue weighted by atomic mass is 19.1. The Morgan fingerprint density at radius 1 is 1.22 bits per heavy atom. The lowest BCUT2D eigenvalue weighted by molar-refractivity contribution is 0.0703. The minimum absolute atomic E-state index is 0.0295. The van der Waals surface area contributed by atoms with Gasteiger partial charge in [-0.1, -0.05) is 0 Å². The number of amides is 1. The standard InChI is InChI=1S/C16H20FN3O3/c1-12-11-15(16(23)19(8-10-22)7-2-9-21)18-20(12)14-5-3-13(17)4-6-14/h3-6,11,21-22H,2,7-10H2,1H3. The third kappa shape index (κ3) is 4.14. The zero-order valence-corrected chi connectivity index (χ0v) is 12.9. The second kappa shape index (κ2) is 7.85. The summed E-state index contributed by atoms with van der Waals surface area (Å²) in [5.74, 6) is -0.649. The van der Waals surface area contributed by atoms with Gasteiger partial charge < -0.3 is 15.1 Å². The van der Waals surface area contributed by atoms with Crippen LogP contribution in [0.1, 0.15) is 22.6 Å². The van der Waals surface area contributed by atoms with Crippen LogP contribution >= 0.6 is 0 Å². The van der Waals surface area contributed by atoms with Gasteiger partial charge in [-0.2, -0.15) is 5.10 Å². The van der Waals surface area contributed by atoms with Crippen molar-refractivity contribution in [2.45, 2.75) is 13.3 Å². The molecule has 2 N–H and O–H groups in total. The molecule has 7 heteroatoms. The fraction of sp³-hybridized carbons (Fsp3) is 0.375. The average Bonchev–Trinajstić information content (AvgIpc) is 2.93. The molecule has 0 bridgehead atoms. The molecule has 0 aliphatic carbocycles. The van der Waals surface area contributed by atoms with E-state index in [1.165, 1.54) is 17.0 Å². The number of halogens is 1. The number of aliphatic hydroxyl groups excluding tert-OH is 2. The van der Waals surface area contributed by atoms with Crippen molar-refractivity contribution in [3.8, 4) is 5.69 Å². The van der Waals surface area contributed by atoms with E-state index in [1.54, 1.807) is 29.8 Å². The first kappa shape index (κ1) is 17.1. The van der Waals surface area contributed by atoms with Crippen molar-refractivity contribution >= 4 is 5.91 Å². The Balaban J connectivity index is 2.24. The fourth-order valence-electron chi connectivity index (χ4n) is 2.28. The summed E-state index contributed by atoms with van der Waals surface area (Å²) < 4.78 is 14.6. The van der Waals surface area contributed by atoms with Gasteiger partial charge in [0, 0.05) is 25.4 Å². The van der Waals surface area contributed by atoms with Crippen molar-refractivity contribution < 1.29 is 19.4 Å². The molecule has 0 radical (unpaired) electrons. The van der Waals surface area contributed by atoms with E-state index in [9.17, 15) is 9.18 Å². The Morgan fingerprint density at radius 2 is 1.91 bits per heavy atom. The van der Waals surface area contributed by atoms with Crippen LogP contribution in [0.4, 0.5) is 4.39 Å². The Morgan fingerprint density at radius 3 is 2.52 bits per heavy atom. The number of nitrogens with zero attached hydrogens (tertiary/aromatic N) is 3. The number of carbonyl (C=O) groups is 1. The Labute approximate surface area is 133 Å². The molecule has 1 amide bonds. The summed E-state index contributed by atoms with van der Waals surface area (Å²) in [5.41, 5.74) is 1.65. The van der Waals surface area contributed by atoms with Crippen molar-refractivity contribution in [2.75, 3.05) is 26.3 Å². The van der Waals surface area contributed by atoms with Crippen LogP contribution in [0.15, 0.2) is 30.3 Å². The summed E-state index contributed by atoms with van der Waals surface area (Å²) in [7, 11) is 0. The van der Waals surface area contributed by atoms with Crippen LogP contribution in [0.3, 0.4) is 0 Å².